The van der Waals surface area contributed by atoms with Gasteiger partial charge in [0, 0.05) is 25.5 Å². The van der Waals surface area contributed by atoms with Gasteiger partial charge < -0.3 is 15.0 Å². The van der Waals surface area contributed by atoms with E-state index in [1.807, 2.05) is 0 Å². The van der Waals surface area contributed by atoms with E-state index in [0.29, 0.717) is 31.9 Å². The fourth-order valence-electron chi connectivity index (χ4n) is 1.68. The Balaban J connectivity index is 1.80. The van der Waals surface area contributed by atoms with E-state index >= 15 is 0 Å². The Morgan fingerprint density at radius 1 is 1.39 bits per heavy atom. The van der Waals surface area contributed by atoms with E-state index in [0.717, 1.165) is 0 Å². The van der Waals surface area contributed by atoms with Gasteiger partial charge in [-0.3, -0.25) is 14.6 Å². The minimum absolute atomic E-state index is 0.00767. The average Bonchev–Trinajstić information content (AvgIpc) is 2.46. The van der Waals surface area contributed by atoms with Gasteiger partial charge in [-0.25, -0.2) is 0 Å². The van der Waals surface area contributed by atoms with Crippen LogP contribution in [0.2, 0.25) is 0 Å². The highest BCUT2D eigenvalue weighted by Gasteiger charge is 2.17. The predicted octanol–water partition coefficient (Wildman–Crippen LogP) is -0.330. The van der Waals surface area contributed by atoms with Crippen LogP contribution in [0.25, 0.3) is 0 Å². The summed E-state index contributed by atoms with van der Waals surface area (Å²) in [6.07, 6.45) is 3.06. The van der Waals surface area contributed by atoms with Crippen LogP contribution in [0.15, 0.2) is 24.5 Å². The van der Waals surface area contributed by atoms with Crippen molar-refractivity contribution in [3.63, 3.8) is 0 Å². The Morgan fingerprint density at radius 2 is 2.17 bits per heavy atom. The summed E-state index contributed by atoms with van der Waals surface area (Å²) in [6, 6.07) is 3.33. The molecule has 2 rings (SSSR count). The zero-order chi connectivity index (χ0) is 12.8. The van der Waals surface area contributed by atoms with Crippen LogP contribution in [0.1, 0.15) is 10.4 Å². The van der Waals surface area contributed by atoms with Gasteiger partial charge in [0.1, 0.15) is 0 Å². The van der Waals surface area contributed by atoms with Crippen LogP contribution in [-0.4, -0.2) is 54.5 Å². The maximum atomic E-state index is 11.8. The van der Waals surface area contributed by atoms with Gasteiger partial charge in [-0.1, -0.05) is 0 Å². The molecule has 0 bridgehead atoms. The van der Waals surface area contributed by atoms with Gasteiger partial charge in [-0.15, -0.1) is 0 Å². The molecule has 0 saturated carbocycles. The number of rotatable bonds is 3. The lowest BCUT2D eigenvalue weighted by Crippen LogP contribution is -2.45. The molecule has 0 spiro atoms. The number of carbonyl (C=O) groups excluding carboxylic acids is 2. The molecule has 96 valence electrons. The molecule has 0 radical (unpaired) electrons. The first-order valence-electron chi connectivity index (χ1n) is 5.81. The lowest BCUT2D eigenvalue weighted by molar-refractivity contribution is -0.134. The van der Waals surface area contributed by atoms with E-state index in [-0.39, 0.29) is 18.4 Å². The molecule has 1 fully saturated rings. The summed E-state index contributed by atoms with van der Waals surface area (Å²) in [5.41, 5.74) is 0.451. The van der Waals surface area contributed by atoms with Gasteiger partial charge in [0.2, 0.25) is 5.91 Å². The fourth-order valence-corrected chi connectivity index (χ4v) is 1.68. The maximum absolute atomic E-state index is 11.8. The van der Waals surface area contributed by atoms with Gasteiger partial charge in [-0.05, 0) is 12.1 Å². The summed E-state index contributed by atoms with van der Waals surface area (Å²) in [5, 5.41) is 2.59. The fraction of sp³-hybridized carbons (Fsp3) is 0.417. The summed E-state index contributed by atoms with van der Waals surface area (Å²) < 4.78 is 5.16. The Bertz CT molecular complexity index is 416. The maximum Gasteiger partial charge on any atom is 0.253 e. The smallest absolute Gasteiger partial charge is 0.253 e. The van der Waals surface area contributed by atoms with Crippen LogP contribution in [-0.2, 0) is 9.53 Å². The number of amides is 2. The Kier molecular flexibility index (Phi) is 4.25. The van der Waals surface area contributed by atoms with E-state index in [2.05, 4.69) is 10.3 Å². The molecule has 0 aromatic carbocycles. The van der Waals surface area contributed by atoms with Crippen molar-refractivity contribution in [1.29, 1.82) is 0 Å². The molecule has 6 heteroatoms. The summed E-state index contributed by atoms with van der Waals surface area (Å²) in [6.45, 7) is 2.29. The standard InChI is InChI=1S/C12H15N3O3/c16-11(15-4-6-18-7-5-15)9-14-12(17)10-2-1-3-13-8-10/h1-3,8H,4-7,9H2,(H,14,17). The van der Waals surface area contributed by atoms with E-state index in [4.69, 9.17) is 4.74 Å². The monoisotopic (exact) mass is 249 g/mol. The minimum Gasteiger partial charge on any atom is -0.378 e. The van der Waals surface area contributed by atoms with Crippen LogP contribution in [0.3, 0.4) is 0 Å². The summed E-state index contributed by atoms with van der Waals surface area (Å²) in [4.78, 5) is 29.0. The third-order valence-electron chi connectivity index (χ3n) is 2.69. The van der Waals surface area contributed by atoms with Crippen molar-refractivity contribution in [2.75, 3.05) is 32.8 Å². The van der Waals surface area contributed by atoms with Crippen molar-refractivity contribution < 1.29 is 14.3 Å². The van der Waals surface area contributed by atoms with Crippen molar-refractivity contribution in [3.05, 3.63) is 30.1 Å². The Morgan fingerprint density at radius 3 is 2.83 bits per heavy atom. The molecule has 1 aromatic rings. The zero-order valence-corrected chi connectivity index (χ0v) is 9.96. The van der Waals surface area contributed by atoms with E-state index in [1.54, 1.807) is 23.2 Å². The first-order valence-corrected chi connectivity index (χ1v) is 5.81. The van der Waals surface area contributed by atoms with Crippen LogP contribution >= 0.6 is 0 Å². The van der Waals surface area contributed by atoms with Crippen LogP contribution in [0.5, 0.6) is 0 Å². The van der Waals surface area contributed by atoms with E-state index in [9.17, 15) is 9.59 Å². The Hall–Kier alpha value is -1.95. The molecule has 18 heavy (non-hydrogen) atoms. The van der Waals surface area contributed by atoms with E-state index in [1.165, 1.54) is 6.20 Å². The second-order valence-electron chi connectivity index (χ2n) is 3.92. The molecule has 0 unspecified atom stereocenters. The van der Waals surface area contributed by atoms with Crippen molar-refractivity contribution in [2.45, 2.75) is 0 Å². The first kappa shape index (κ1) is 12.5. The minimum atomic E-state index is -0.287. The van der Waals surface area contributed by atoms with Crippen LogP contribution < -0.4 is 5.32 Å². The van der Waals surface area contributed by atoms with Gasteiger partial charge in [0.05, 0.1) is 25.3 Å². The molecule has 1 aliphatic heterocycles. The quantitative estimate of drug-likeness (QED) is 0.796. The molecule has 1 aliphatic rings. The van der Waals surface area contributed by atoms with Crippen molar-refractivity contribution in [3.8, 4) is 0 Å². The molecule has 2 heterocycles. The molecule has 0 atom stereocenters. The predicted molar refractivity (Wildman–Crippen MR) is 64.0 cm³/mol. The van der Waals surface area contributed by atoms with Crippen molar-refractivity contribution in [2.24, 2.45) is 0 Å². The molecule has 2 amide bonds. The summed E-state index contributed by atoms with van der Waals surface area (Å²) in [5.74, 6) is -0.375. The Labute approximate surface area is 105 Å². The third-order valence-corrected chi connectivity index (χ3v) is 2.69. The van der Waals surface area contributed by atoms with Gasteiger partial charge >= 0.3 is 0 Å². The number of ether oxygens (including phenoxy) is 1. The van der Waals surface area contributed by atoms with Crippen molar-refractivity contribution in [1.82, 2.24) is 15.2 Å². The lowest BCUT2D eigenvalue weighted by Gasteiger charge is -2.26. The molecule has 0 aliphatic carbocycles. The number of nitrogens with zero attached hydrogens (tertiary/aromatic N) is 2. The molecular weight excluding hydrogens is 234 g/mol. The SMILES string of the molecule is O=C(NCC(=O)N1CCOCC1)c1cccnc1. The molecule has 1 saturated heterocycles. The number of hydrogen-bond donors (Lipinski definition) is 1. The number of aromatic nitrogens is 1. The van der Waals surface area contributed by atoms with Crippen molar-refractivity contribution >= 4 is 11.8 Å². The summed E-state index contributed by atoms with van der Waals surface area (Å²) in [7, 11) is 0. The highest BCUT2D eigenvalue weighted by Crippen LogP contribution is 1.98. The number of pyridine rings is 1. The molecule has 1 aromatic heterocycles. The molecule has 1 N–H and O–H groups in total. The van der Waals surface area contributed by atoms with Gasteiger partial charge in [0.15, 0.2) is 0 Å². The zero-order valence-electron chi connectivity index (χ0n) is 9.96. The van der Waals surface area contributed by atoms with Crippen LogP contribution in [0.4, 0.5) is 0 Å². The highest BCUT2D eigenvalue weighted by atomic mass is 16.5. The molecular formula is C12H15N3O3. The topological polar surface area (TPSA) is 71.5 Å². The van der Waals surface area contributed by atoms with Gasteiger partial charge in [0.25, 0.3) is 5.91 Å². The number of hydrogen-bond acceptors (Lipinski definition) is 4. The average molecular weight is 249 g/mol. The van der Waals surface area contributed by atoms with Crippen LogP contribution in [0, 0.1) is 0 Å². The highest BCUT2D eigenvalue weighted by molar-refractivity contribution is 5.96. The molecule has 6 nitrogen and oxygen atoms in total. The van der Waals surface area contributed by atoms with Gasteiger partial charge in [-0.2, -0.15) is 0 Å². The number of carbonyl (C=O) groups is 2. The third kappa shape index (κ3) is 3.27. The second-order valence-corrected chi connectivity index (χ2v) is 3.92. The lowest BCUT2D eigenvalue weighted by atomic mass is 10.2. The summed E-state index contributed by atoms with van der Waals surface area (Å²) >= 11 is 0. The number of nitrogens with one attached hydrogen (secondary N) is 1. The number of morpholine rings is 1. The largest absolute Gasteiger partial charge is 0.378 e. The first-order chi connectivity index (χ1) is 8.77. The normalized spacial score (nSPS) is 15.2. The van der Waals surface area contributed by atoms with E-state index < -0.39 is 0 Å². The second kappa shape index (κ2) is 6.11.